The van der Waals surface area contributed by atoms with E-state index in [-0.39, 0.29) is 35.1 Å². The van der Waals surface area contributed by atoms with E-state index in [1.807, 2.05) is 13.0 Å². The van der Waals surface area contributed by atoms with Gasteiger partial charge in [0.15, 0.2) is 5.13 Å². The van der Waals surface area contributed by atoms with Gasteiger partial charge in [0.05, 0.1) is 16.6 Å². The molecule has 0 bridgehead atoms. The quantitative estimate of drug-likeness (QED) is 0.319. The summed E-state index contributed by atoms with van der Waals surface area (Å²) in [5.41, 5.74) is 1.55. The number of carbonyl (C=O) groups excluding carboxylic acids is 4. The first-order valence-electron chi connectivity index (χ1n) is 11.3. The number of hydrogen-bond donors (Lipinski definition) is 2. The van der Waals surface area contributed by atoms with E-state index in [4.69, 9.17) is 0 Å². The van der Waals surface area contributed by atoms with Crippen molar-refractivity contribution in [1.29, 1.82) is 0 Å². The highest BCUT2D eigenvalue weighted by Gasteiger charge is 2.34. The fourth-order valence-corrected chi connectivity index (χ4v) is 4.81. The Morgan fingerprint density at radius 3 is 2.56 bits per heavy atom. The van der Waals surface area contributed by atoms with Crippen molar-refractivity contribution < 1.29 is 19.2 Å². The van der Waals surface area contributed by atoms with E-state index in [0.717, 1.165) is 0 Å². The van der Waals surface area contributed by atoms with Crippen LogP contribution in [-0.4, -0.2) is 73.9 Å². The van der Waals surface area contributed by atoms with Crippen molar-refractivity contribution >= 4 is 51.0 Å². The molecule has 3 amide bonds. The molecule has 1 aromatic carbocycles. The van der Waals surface area contributed by atoms with Crippen LogP contribution in [0.25, 0.3) is 11.0 Å². The first-order chi connectivity index (χ1) is 17.4. The number of aromatic amines is 1. The van der Waals surface area contributed by atoms with Gasteiger partial charge in [-0.2, -0.15) is 0 Å². The molecule has 36 heavy (non-hydrogen) atoms. The van der Waals surface area contributed by atoms with Crippen LogP contribution < -0.4 is 5.32 Å². The van der Waals surface area contributed by atoms with Crippen LogP contribution in [0, 0.1) is 0 Å². The van der Waals surface area contributed by atoms with Gasteiger partial charge < -0.3 is 14.8 Å². The van der Waals surface area contributed by atoms with E-state index in [1.54, 1.807) is 40.7 Å². The molecule has 4 aromatic rings. The highest BCUT2D eigenvalue weighted by atomic mass is 32.1. The second-order valence-corrected chi connectivity index (χ2v) is 9.26. The largest absolute Gasteiger partial charge is 0.358 e. The molecule has 1 saturated heterocycles. The van der Waals surface area contributed by atoms with Crippen LogP contribution in [0.15, 0.2) is 60.4 Å². The minimum Gasteiger partial charge on any atom is -0.358 e. The fourth-order valence-electron chi connectivity index (χ4n) is 4.29. The SMILES string of the molecule is C[C@@H]1CN(C(=O)c2ccccc2)CCN1C(=O)C(=O)c1c[nH]c2c(C(=O)Nc3nccs3)ccnc12. The van der Waals surface area contributed by atoms with E-state index in [1.165, 1.54) is 34.7 Å². The van der Waals surface area contributed by atoms with Gasteiger partial charge in [-0.15, -0.1) is 11.3 Å². The summed E-state index contributed by atoms with van der Waals surface area (Å²) in [5, 5.41) is 4.89. The topological polar surface area (TPSA) is 128 Å². The number of benzene rings is 1. The monoisotopic (exact) mass is 502 g/mol. The Labute approximate surface area is 210 Å². The fraction of sp³-hybridized carbons (Fsp3) is 0.200. The molecule has 11 heteroatoms. The molecule has 1 aliphatic heterocycles. The molecule has 0 aliphatic carbocycles. The summed E-state index contributed by atoms with van der Waals surface area (Å²) in [5.74, 6) is -1.90. The highest BCUT2D eigenvalue weighted by molar-refractivity contribution is 7.13. The molecule has 1 atom stereocenters. The minimum atomic E-state index is -0.721. The van der Waals surface area contributed by atoms with E-state index in [9.17, 15) is 19.2 Å². The molecule has 3 aromatic heterocycles. The van der Waals surface area contributed by atoms with Crippen molar-refractivity contribution in [2.75, 3.05) is 25.0 Å². The number of piperazine rings is 1. The molecule has 1 aliphatic rings. The van der Waals surface area contributed by atoms with Crippen molar-refractivity contribution in [2.45, 2.75) is 13.0 Å². The third-order valence-electron chi connectivity index (χ3n) is 6.10. The lowest BCUT2D eigenvalue weighted by Gasteiger charge is -2.39. The predicted octanol–water partition coefficient (Wildman–Crippen LogP) is 2.83. The van der Waals surface area contributed by atoms with Crippen molar-refractivity contribution in [3.05, 3.63) is 77.1 Å². The maximum Gasteiger partial charge on any atom is 0.295 e. The maximum absolute atomic E-state index is 13.2. The zero-order chi connectivity index (χ0) is 25.2. The second kappa shape index (κ2) is 9.70. The van der Waals surface area contributed by atoms with Crippen LogP contribution in [-0.2, 0) is 4.79 Å². The zero-order valence-corrected chi connectivity index (χ0v) is 20.1. The summed E-state index contributed by atoms with van der Waals surface area (Å²) < 4.78 is 0. The van der Waals surface area contributed by atoms with Crippen molar-refractivity contribution in [3.63, 3.8) is 0 Å². The Kier molecular flexibility index (Phi) is 6.30. The third-order valence-corrected chi connectivity index (χ3v) is 6.79. The van der Waals surface area contributed by atoms with Gasteiger partial charge >= 0.3 is 0 Å². The summed E-state index contributed by atoms with van der Waals surface area (Å²) in [6.07, 6.45) is 4.40. The number of anilines is 1. The van der Waals surface area contributed by atoms with Gasteiger partial charge in [0.2, 0.25) is 0 Å². The van der Waals surface area contributed by atoms with Crippen LogP contribution in [0.2, 0.25) is 0 Å². The normalized spacial score (nSPS) is 15.6. The molecule has 0 saturated carbocycles. The van der Waals surface area contributed by atoms with E-state index in [2.05, 4.69) is 20.3 Å². The number of nitrogens with one attached hydrogen (secondary N) is 2. The average molecular weight is 503 g/mol. The molecular formula is C25H22N6O4S. The van der Waals surface area contributed by atoms with E-state index < -0.39 is 17.6 Å². The number of Topliss-reactive ketones (excluding diaryl/α,β-unsaturated/α-hetero) is 1. The number of aromatic nitrogens is 3. The molecule has 0 spiro atoms. The Morgan fingerprint density at radius 1 is 1.03 bits per heavy atom. The summed E-state index contributed by atoms with van der Waals surface area (Å²) in [6, 6.07) is 10.1. The van der Waals surface area contributed by atoms with Crippen LogP contribution in [0.5, 0.6) is 0 Å². The average Bonchev–Trinajstić information content (AvgIpc) is 3.57. The molecule has 10 nitrogen and oxygen atoms in total. The van der Waals surface area contributed by atoms with Gasteiger partial charge in [0.25, 0.3) is 23.5 Å². The molecule has 0 radical (unpaired) electrons. The standard InChI is InChI=1S/C25H22N6O4S/c1-15-14-30(23(34)16-5-3-2-4-6-16)10-11-31(15)24(35)21(32)18-13-28-19-17(7-8-26-20(18)19)22(33)29-25-27-9-12-36-25/h2-9,12-13,15,28H,10-11,14H2,1H3,(H,27,29,33)/t15-/m1/s1. The molecule has 182 valence electrons. The number of pyridine rings is 1. The van der Waals surface area contributed by atoms with Gasteiger partial charge in [-0.3, -0.25) is 29.5 Å². The molecule has 5 rings (SSSR count). The summed E-state index contributed by atoms with van der Waals surface area (Å²) >= 11 is 1.28. The first-order valence-corrected chi connectivity index (χ1v) is 12.2. The summed E-state index contributed by atoms with van der Waals surface area (Å²) in [6.45, 7) is 2.69. The van der Waals surface area contributed by atoms with Gasteiger partial charge in [-0.25, -0.2) is 4.98 Å². The highest BCUT2D eigenvalue weighted by Crippen LogP contribution is 2.23. The lowest BCUT2D eigenvalue weighted by molar-refractivity contribution is -0.130. The molecule has 1 fully saturated rings. The van der Waals surface area contributed by atoms with E-state index >= 15 is 0 Å². The number of hydrogen-bond acceptors (Lipinski definition) is 7. The molecule has 2 N–H and O–H groups in total. The van der Waals surface area contributed by atoms with Crippen LogP contribution >= 0.6 is 11.3 Å². The van der Waals surface area contributed by atoms with Crippen molar-refractivity contribution in [3.8, 4) is 0 Å². The number of rotatable bonds is 5. The van der Waals surface area contributed by atoms with E-state index in [0.29, 0.717) is 29.3 Å². The molecular weight excluding hydrogens is 480 g/mol. The van der Waals surface area contributed by atoms with Gasteiger partial charge in [0, 0.05) is 55.2 Å². The van der Waals surface area contributed by atoms with Crippen molar-refractivity contribution in [1.82, 2.24) is 24.8 Å². The second-order valence-electron chi connectivity index (χ2n) is 8.37. The Balaban J connectivity index is 1.32. The summed E-state index contributed by atoms with van der Waals surface area (Å²) in [7, 11) is 0. The van der Waals surface area contributed by atoms with Crippen LogP contribution in [0.1, 0.15) is 38.0 Å². The predicted molar refractivity (Wildman–Crippen MR) is 134 cm³/mol. The lowest BCUT2D eigenvalue weighted by Crippen LogP contribution is -2.56. The van der Waals surface area contributed by atoms with Crippen molar-refractivity contribution in [2.24, 2.45) is 0 Å². The first kappa shape index (κ1) is 23.4. The Bertz CT molecular complexity index is 1450. The molecule has 4 heterocycles. The lowest BCUT2D eigenvalue weighted by atomic mass is 10.1. The number of ketones is 1. The smallest absolute Gasteiger partial charge is 0.295 e. The van der Waals surface area contributed by atoms with Gasteiger partial charge in [0.1, 0.15) is 5.52 Å². The number of thiazole rings is 1. The maximum atomic E-state index is 13.2. The van der Waals surface area contributed by atoms with Crippen LogP contribution in [0.4, 0.5) is 5.13 Å². The number of carbonyl (C=O) groups is 4. The van der Waals surface area contributed by atoms with Crippen LogP contribution in [0.3, 0.4) is 0 Å². The molecule has 0 unspecified atom stereocenters. The number of H-pyrrole nitrogens is 1. The van der Waals surface area contributed by atoms with Gasteiger partial charge in [-0.05, 0) is 25.1 Å². The zero-order valence-electron chi connectivity index (χ0n) is 19.3. The van der Waals surface area contributed by atoms with Gasteiger partial charge in [-0.1, -0.05) is 18.2 Å². The number of amides is 3. The minimum absolute atomic E-state index is 0.0916. The summed E-state index contributed by atoms with van der Waals surface area (Å²) in [4.78, 5) is 66.3. The number of fused-ring (bicyclic) bond motifs is 1. The Hall–Kier alpha value is -4.38. The third kappa shape index (κ3) is 4.36. The Morgan fingerprint density at radius 2 is 1.83 bits per heavy atom. The number of nitrogens with zero attached hydrogens (tertiary/aromatic N) is 4.